The van der Waals surface area contributed by atoms with Crippen LogP contribution in [0.5, 0.6) is 5.75 Å². The average Bonchev–Trinajstić information content (AvgIpc) is 3.14. The molecule has 0 bridgehead atoms. The highest BCUT2D eigenvalue weighted by atomic mass is 19.4. The zero-order chi connectivity index (χ0) is 21.6. The van der Waals surface area contributed by atoms with Crippen molar-refractivity contribution in [3.8, 4) is 5.75 Å². The highest BCUT2D eigenvalue weighted by Crippen LogP contribution is 2.23. The first-order valence-electron chi connectivity index (χ1n) is 9.82. The summed E-state index contributed by atoms with van der Waals surface area (Å²) in [4.78, 5) is 6.85. The van der Waals surface area contributed by atoms with Gasteiger partial charge in [0, 0.05) is 38.4 Å². The standard InChI is InChI=1S/C20H26F3N5O2/c1-3-24-19(28-10-11-29-18(14-28)16-12-26-27(2)13-16)25-9-8-15-4-6-17(7-5-15)30-20(21,22)23/h4-7,12-13,18H,3,8-11,14H2,1-2H3,(H,24,25). The van der Waals surface area contributed by atoms with Crippen LogP contribution < -0.4 is 10.1 Å². The summed E-state index contributed by atoms with van der Waals surface area (Å²) >= 11 is 0. The number of halogens is 3. The minimum absolute atomic E-state index is 0.0718. The average molecular weight is 425 g/mol. The van der Waals surface area contributed by atoms with Crippen molar-refractivity contribution >= 4 is 5.96 Å². The van der Waals surface area contributed by atoms with Gasteiger partial charge in [-0.15, -0.1) is 13.2 Å². The van der Waals surface area contributed by atoms with Crippen LogP contribution in [0.1, 0.15) is 24.2 Å². The Bertz CT molecular complexity index is 836. The Labute approximate surface area is 173 Å². The quantitative estimate of drug-likeness (QED) is 0.570. The van der Waals surface area contributed by atoms with Gasteiger partial charge in [-0.25, -0.2) is 0 Å². The summed E-state index contributed by atoms with van der Waals surface area (Å²) in [7, 11) is 1.87. The van der Waals surface area contributed by atoms with Crippen LogP contribution in [0, 0.1) is 0 Å². The molecule has 0 saturated carbocycles. The molecule has 1 aromatic heterocycles. The number of nitrogens with zero attached hydrogens (tertiary/aromatic N) is 4. The van der Waals surface area contributed by atoms with Crippen molar-refractivity contribution in [3.05, 3.63) is 47.8 Å². The van der Waals surface area contributed by atoms with Crippen LogP contribution >= 0.6 is 0 Å². The van der Waals surface area contributed by atoms with Gasteiger partial charge in [0.05, 0.1) is 19.3 Å². The van der Waals surface area contributed by atoms with Crippen molar-refractivity contribution in [2.24, 2.45) is 12.0 Å². The Morgan fingerprint density at radius 3 is 2.73 bits per heavy atom. The highest BCUT2D eigenvalue weighted by Gasteiger charge is 2.31. The molecule has 1 aromatic carbocycles. The molecule has 0 amide bonds. The van der Waals surface area contributed by atoms with E-state index in [2.05, 4.69) is 20.1 Å². The summed E-state index contributed by atoms with van der Waals surface area (Å²) in [6, 6.07) is 5.88. The third-order valence-corrected chi connectivity index (χ3v) is 4.62. The Balaban J connectivity index is 1.58. The van der Waals surface area contributed by atoms with Crippen LogP contribution in [0.25, 0.3) is 0 Å². The molecule has 2 heterocycles. The van der Waals surface area contributed by atoms with Gasteiger partial charge in [0.1, 0.15) is 11.9 Å². The third-order valence-electron chi connectivity index (χ3n) is 4.62. The molecule has 1 aliphatic heterocycles. The molecule has 1 fully saturated rings. The number of nitrogens with one attached hydrogen (secondary N) is 1. The van der Waals surface area contributed by atoms with E-state index in [1.165, 1.54) is 12.1 Å². The Hall–Kier alpha value is -2.75. The van der Waals surface area contributed by atoms with Crippen LogP contribution in [0.15, 0.2) is 41.7 Å². The van der Waals surface area contributed by atoms with E-state index < -0.39 is 6.36 Å². The van der Waals surface area contributed by atoms with E-state index in [1.54, 1.807) is 16.8 Å². The molecule has 164 valence electrons. The number of aromatic nitrogens is 2. The van der Waals surface area contributed by atoms with Crippen molar-refractivity contribution < 1.29 is 22.6 Å². The molecule has 1 aliphatic rings. The van der Waals surface area contributed by atoms with Crippen molar-refractivity contribution in [3.63, 3.8) is 0 Å². The second-order valence-electron chi connectivity index (χ2n) is 6.93. The predicted octanol–water partition coefficient (Wildman–Crippen LogP) is 2.90. The van der Waals surface area contributed by atoms with Gasteiger partial charge in [0.25, 0.3) is 0 Å². The Morgan fingerprint density at radius 2 is 2.10 bits per heavy atom. The molecular formula is C20H26F3N5O2. The zero-order valence-corrected chi connectivity index (χ0v) is 17.0. The molecule has 1 saturated heterocycles. The smallest absolute Gasteiger partial charge is 0.406 e. The lowest BCUT2D eigenvalue weighted by molar-refractivity contribution is -0.274. The lowest BCUT2D eigenvalue weighted by Crippen LogP contribution is -2.48. The SMILES string of the molecule is CCNC(=NCCc1ccc(OC(F)(F)F)cc1)N1CCOC(c2cnn(C)c2)C1. The second-order valence-corrected chi connectivity index (χ2v) is 6.93. The minimum atomic E-state index is -4.68. The maximum atomic E-state index is 12.3. The lowest BCUT2D eigenvalue weighted by Gasteiger charge is -2.34. The summed E-state index contributed by atoms with van der Waals surface area (Å²) < 4.78 is 48.3. The monoisotopic (exact) mass is 425 g/mol. The van der Waals surface area contributed by atoms with Crippen LogP contribution in [0.2, 0.25) is 0 Å². The first-order valence-corrected chi connectivity index (χ1v) is 9.82. The lowest BCUT2D eigenvalue weighted by atomic mass is 10.1. The number of rotatable bonds is 6. The van der Waals surface area contributed by atoms with Gasteiger partial charge in [-0.3, -0.25) is 9.67 Å². The fourth-order valence-electron chi connectivity index (χ4n) is 3.22. The number of ether oxygens (including phenoxy) is 2. The molecule has 1 atom stereocenters. The number of morpholine rings is 1. The molecule has 2 aromatic rings. The fraction of sp³-hybridized carbons (Fsp3) is 0.500. The van der Waals surface area contributed by atoms with E-state index >= 15 is 0 Å². The summed E-state index contributed by atoms with van der Waals surface area (Å²) in [6.07, 6.45) is -0.387. The molecule has 30 heavy (non-hydrogen) atoms. The van der Waals surface area contributed by atoms with Gasteiger partial charge in [-0.05, 0) is 31.0 Å². The molecule has 7 nitrogen and oxygen atoms in total. The molecular weight excluding hydrogens is 399 g/mol. The van der Waals surface area contributed by atoms with E-state index in [-0.39, 0.29) is 11.9 Å². The second kappa shape index (κ2) is 9.84. The van der Waals surface area contributed by atoms with Gasteiger partial charge in [-0.2, -0.15) is 5.10 Å². The van der Waals surface area contributed by atoms with Crippen LogP contribution in [-0.4, -0.2) is 59.8 Å². The molecule has 1 unspecified atom stereocenters. The van der Waals surface area contributed by atoms with E-state index in [4.69, 9.17) is 9.73 Å². The topological polar surface area (TPSA) is 63.9 Å². The first-order chi connectivity index (χ1) is 14.3. The van der Waals surface area contributed by atoms with E-state index in [1.807, 2.05) is 26.4 Å². The first kappa shape index (κ1) is 21.9. The van der Waals surface area contributed by atoms with Crippen LogP contribution in [0.3, 0.4) is 0 Å². The van der Waals surface area contributed by atoms with Crippen molar-refractivity contribution in [1.29, 1.82) is 0 Å². The summed E-state index contributed by atoms with van der Waals surface area (Å²) in [5.41, 5.74) is 1.92. The number of guanidine groups is 1. The number of hydrogen-bond acceptors (Lipinski definition) is 4. The van der Waals surface area contributed by atoms with Gasteiger partial charge in [0.2, 0.25) is 0 Å². The Morgan fingerprint density at radius 1 is 1.33 bits per heavy atom. The van der Waals surface area contributed by atoms with E-state index in [0.29, 0.717) is 26.1 Å². The zero-order valence-electron chi connectivity index (χ0n) is 17.0. The number of aliphatic imine (C=N–C) groups is 1. The normalized spacial score (nSPS) is 17.8. The summed E-state index contributed by atoms with van der Waals surface area (Å²) in [6.45, 7) is 5.24. The van der Waals surface area contributed by atoms with Crippen LogP contribution in [-0.2, 0) is 18.2 Å². The molecule has 3 rings (SSSR count). The van der Waals surface area contributed by atoms with E-state index in [9.17, 15) is 13.2 Å². The number of aryl methyl sites for hydroxylation is 1. The third kappa shape index (κ3) is 6.38. The van der Waals surface area contributed by atoms with Gasteiger partial charge < -0.3 is 19.7 Å². The van der Waals surface area contributed by atoms with Crippen molar-refractivity contribution in [2.75, 3.05) is 32.8 Å². The maximum Gasteiger partial charge on any atom is 0.573 e. The molecule has 0 radical (unpaired) electrons. The van der Waals surface area contributed by atoms with Gasteiger partial charge in [0.15, 0.2) is 5.96 Å². The fourth-order valence-corrected chi connectivity index (χ4v) is 3.22. The molecule has 1 N–H and O–H groups in total. The predicted molar refractivity (Wildman–Crippen MR) is 106 cm³/mol. The van der Waals surface area contributed by atoms with Crippen molar-refractivity contribution in [1.82, 2.24) is 20.0 Å². The van der Waals surface area contributed by atoms with Gasteiger partial charge >= 0.3 is 6.36 Å². The largest absolute Gasteiger partial charge is 0.573 e. The molecule has 0 aliphatic carbocycles. The van der Waals surface area contributed by atoms with Crippen molar-refractivity contribution in [2.45, 2.75) is 25.8 Å². The Kier molecular flexibility index (Phi) is 7.20. The summed E-state index contributed by atoms with van der Waals surface area (Å²) in [5.74, 6) is 0.574. The number of hydrogen-bond donors (Lipinski definition) is 1. The van der Waals surface area contributed by atoms with Crippen LogP contribution in [0.4, 0.5) is 13.2 Å². The molecule has 0 spiro atoms. The number of benzene rings is 1. The minimum Gasteiger partial charge on any atom is -0.406 e. The highest BCUT2D eigenvalue weighted by molar-refractivity contribution is 5.80. The summed E-state index contributed by atoms with van der Waals surface area (Å²) in [5, 5.41) is 7.51. The maximum absolute atomic E-state index is 12.3. The number of alkyl halides is 3. The molecule has 10 heteroatoms. The van der Waals surface area contributed by atoms with Gasteiger partial charge in [-0.1, -0.05) is 12.1 Å². The van der Waals surface area contributed by atoms with E-state index in [0.717, 1.165) is 30.2 Å².